The van der Waals surface area contributed by atoms with Crippen molar-refractivity contribution in [3.8, 4) is 67.3 Å². The van der Waals surface area contributed by atoms with E-state index < -0.39 is 0 Å². The normalized spacial score (nSPS) is 11.4. The van der Waals surface area contributed by atoms with E-state index in [-0.39, 0.29) is 0 Å². The Labute approximate surface area is 307 Å². The number of nitrogens with zero attached hydrogens (tertiary/aromatic N) is 2. The molecule has 0 N–H and O–H groups in total. The van der Waals surface area contributed by atoms with Gasteiger partial charge in [-0.2, -0.15) is 0 Å². The zero-order valence-corrected chi connectivity index (χ0v) is 28.8. The molecule has 0 amide bonds. The molecule has 3 nitrogen and oxygen atoms in total. The van der Waals surface area contributed by atoms with Crippen molar-refractivity contribution >= 4 is 32.7 Å². The number of rotatable bonds is 6. The van der Waals surface area contributed by atoms with Crippen LogP contribution in [0, 0.1) is 0 Å². The Hall–Kier alpha value is -7.10. The van der Waals surface area contributed by atoms with Gasteiger partial charge in [0.05, 0.1) is 11.4 Å². The molecule has 8 aromatic carbocycles. The van der Waals surface area contributed by atoms with Crippen LogP contribution in [0.3, 0.4) is 0 Å². The lowest BCUT2D eigenvalue weighted by molar-refractivity contribution is 0.673. The highest BCUT2D eigenvalue weighted by atomic mass is 16.3. The third-order valence-electron chi connectivity index (χ3n) is 10.1. The molecule has 0 aliphatic rings. The summed E-state index contributed by atoms with van der Waals surface area (Å²) in [6, 6.07) is 68.0. The van der Waals surface area contributed by atoms with Crippen molar-refractivity contribution in [2.75, 3.05) is 0 Å². The number of aromatic nitrogens is 2. The van der Waals surface area contributed by atoms with Gasteiger partial charge >= 0.3 is 0 Å². The fourth-order valence-corrected chi connectivity index (χ4v) is 7.41. The molecule has 0 radical (unpaired) electrons. The molecule has 2 heterocycles. The molecule has 0 fully saturated rings. The number of benzene rings is 8. The van der Waals surface area contributed by atoms with Crippen LogP contribution >= 0.6 is 0 Å². The molecule has 0 atom stereocenters. The average molecular weight is 677 g/mol. The van der Waals surface area contributed by atoms with Crippen LogP contribution in [0.4, 0.5) is 0 Å². The van der Waals surface area contributed by atoms with E-state index in [2.05, 4.69) is 158 Å². The Bertz CT molecular complexity index is 2860. The largest absolute Gasteiger partial charge is 0.455 e. The average Bonchev–Trinajstić information content (AvgIpc) is 3.62. The van der Waals surface area contributed by atoms with Gasteiger partial charge in [0, 0.05) is 32.8 Å². The van der Waals surface area contributed by atoms with Crippen LogP contribution in [0.5, 0.6) is 0 Å². The second-order valence-corrected chi connectivity index (χ2v) is 13.4. The lowest BCUT2D eigenvalue weighted by Gasteiger charge is -2.10. The van der Waals surface area contributed by atoms with Gasteiger partial charge in [0.25, 0.3) is 0 Å². The van der Waals surface area contributed by atoms with Crippen LogP contribution in [0.25, 0.3) is 100.0 Å². The van der Waals surface area contributed by atoms with E-state index in [0.717, 1.165) is 66.5 Å². The first-order valence-electron chi connectivity index (χ1n) is 17.9. The predicted molar refractivity (Wildman–Crippen MR) is 219 cm³/mol. The van der Waals surface area contributed by atoms with Crippen molar-refractivity contribution in [3.05, 3.63) is 194 Å². The Morgan fingerprint density at radius 2 is 0.811 bits per heavy atom. The van der Waals surface area contributed by atoms with Gasteiger partial charge in [0.15, 0.2) is 5.82 Å². The summed E-state index contributed by atoms with van der Waals surface area (Å²) in [6.45, 7) is 0. The van der Waals surface area contributed by atoms with Crippen molar-refractivity contribution in [2.24, 2.45) is 0 Å². The third-order valence-corrected chi connectivity index (χ3v) is 10.1. The molecule has 0 unspecified atom stereocenters. The number of hydrogen-bond acceptors (Lipinski definition) is 3. The first-order chi connectivity index (χ1) is 26.2. The minimum atomic E-state index is 0.709. The summed E-state index contributed by atoms with van der Waals surface area (Å²) in [7, 11) is 0. The topological polar surface area (TPSA) is 38.9 Å². The lowest BCUT2D eigenvalue weighted by atomic mass is 9.93. The van der Waals surface area contributed by atoms with Crippen LogP contribution < -0.4 is 0 Å². The fourth-order valence-electron chi connectivity index (χ4n) is 7.41. The molecule has 0 saturated carbocycles. The SMILES string of the molecule is c1ccc(-c2cccc(-c3cc4c5ccc(-c6ccc(-c7cc(-c8ccccc8)nc(-c8ccccc8)n7)cc6)cc5oc4c4ccccc34)c2)cc1. The highest BCUT2D eigenvalue weighted by Crippen LogP contribution is 2.41. The smallest absolute Gasteiger partial charge is 0.160 e. The number of hydrogen-bond donors (Lipinski definition) is 0. The van der Waals surface area contributed by atoms with Crippen LogP contribution in [0.15, 0.2) is 199 Å². The van der Waals surface area contributed by atoms with Gasteiger partial charge in [-0.3, -0.25) is 0 Å². The minimum absolute atomic E-state index is 0.709. The molecule has 0 saturated heterocycles. The predicted octanol–water partition coefficient (Wildman–Crippen LogP) is 13.5. The van der Waals surface area contributed by atoms with E-state index in [9.17, 15) is 0 Å². The Morgan fingerprint density at radius 3 is 1.53 bits per heavy atom. The zero-order valence-electron chi connectivity index (χ0n) is 28.8. The maximum atomic E-state index is 6.70. The van der Waals surface area contributed by atoms with Crippen molar-refractivity contribution in [3.63, 3.8) is 0 Å². The van der Waals surface area contributed by atoms with Crippen LogP contribution in [-0.2, 0) is 0 Å². The summed E-state index contributed by atoms with van der Waals surface area (Å²) in [4.78, 5) is 9.96. The Kier molecular flexibility index (Phi) is 7.47. The standard InChI is InChI=1S/C50H32N2O/c1-4-13-33(14-5-1)38-19-12-20-40(29-38)44-31-45-42-28-27-39(30-48(42)53-49(45)43-22-11-10-21-41(43)44)34-23-25-36(26-24-34)47-32-46(35-15-6-2-7-16-35)51-50(52-47)37-17-8-3-9-18-37/h1-32H. The molecule has 0 aliphatic heterocycles. The van der Waals surface area contributed by atoms with E-state index >= 15 is 0 Å². The molecule has 53 heavy (non-hydrogen) atoms. The van der Waals surface area contributed by atoms with Gasteiger partial charge in [0.2, 0.25) is 0 Å². The van der Waals surface area contributed by atoms with Crippen LogP contribution in [0.1, 0.15) is 0 Å². The number of fused-ring (bicyclic) bond motifs is 5. The highest BCUT2D eigenvalue weighted by molar-refractivity contribution is 6.19. The Morgan fingerprint density at radius 1 is 0.302 bits per heavy atom. The fraction of sp³-hybridized carbons (Fsp3) is 0. The van der Waals surface area contributed by atoms with Crippen molar-refractivity contribution in [2.45, 2.75) is 0 Å². The summed E-state index contributed by atoms with van der Waals surface area (Å²) in [5, 5.41) is 4.51. The summed E-state index contributed by atoms with van der Waals surface area (Å²) in [6.07, 6.45) is 0. The van der Waals surface area contributed by atoms with Gasteiger partial charge in [-0.1, -0.05) is 164 Å². The molecule has 0 spiro atoms. The number of furan rings is 1. The van der Waals surface area contributed by atoms with E-state index in [1.807, 2.05) is 36.4 Å². The summed E-state index contributed by atoms with van der Waals surface area (Å²) < 4.78 is 6.70. The molecule has 0 aliphatic carbocycles. The van der Waals surface area contributed by atoms with Crippen molar-refractivity contribution in [1.29, 1.82) is 0 Å². The maximum absolute atomic E-state index is 6.70. The van der Waals surface area contributed by atoms with E-state index in [1.54, 1.807) is 0 Å². The minimum Gasteiger partial charge on any atom is -0.455 e. The monoisotopic (exact) mass is 676 g/mol. The van der Waals surface area contributed by atoms with Crippen LogP contribution in [0.2, 0.25) is 0 Å². The van der Waals surface area contributed by atoms with Gasteiger partial charge in [-0.25, -0.2) is 9.97 Å². The van der Waals surface area contributed by atoms with Gasteiger partial charge < -0.3 is 4.42 Å². The highest BCUT2D eigenvalue weighted by Gasteiger charge is 2.16. The van der Waals surface area contributed by atoms with Gasteiger partial charge in [-0.05, 0) is 69.1 Å². The third kappa shape index (κ3) is 5.65. The first kappa shape index (κ1) is 30.7. The molecule has 248 valence electrons. The van der Waals surface area contributed by atoms with Crippen LogP contribution in [-0.4, -0.2) is 9.97 Å². The van der Waals surface area contributed by atoms with Gasteiger partial charge in [0.1, 0.15) is 11.2 Å². The molecule has 10 aromatic rings. The summed E-state index contributed by atoms with van der Waals surface area (Å²) >= 11 is 0. The maximum Gasteiger partial charge on any atom is 0.160 e. The molecule has 10 rings (SSSR count). The second kappa shape index (κ2) is 12.9. The quantitative estimate of drug-likeness (QED) is 0.176. The van der Waals surface area contributed by atoms with Gasteiger partial charge in [-0.15, -0.1) is 0 Å². The molecule has 3 heteroatoms. The molecule has 0 bridgehead atoms. The summed E-state index contributed by atoms with van der Waals surface area (Å²) in [5.74, 6) is 0.709. The lowest BCUT2D eigenvalue weighted by Crippen LogP contribution is -1.95. The molecular formula is C50H32N2O. The van der Waals surface area contributed by atoms with Crippen molar-refractivity contribution in [1.82, 2.24) is 9.97 Å². The van der Waals surface area contributed by atoms with E-state index in [1.165, 1.54) is 27.6 Å². The second-order valence-electron chi connectivity index (χ2n) is 13.4. The van der Waals surface area contributed by atoms with E-state index in [4.69, 9.17) is 14.4 Å². The molecular weight excluding hydrogens is 645 g/mol. The van der Waals surface area contributed by atoms with Crippen molar-refractivity contribution < 1.29 is 4.42 Å². The zero-order chi connectivity index (χ0) is 35.1. The van der Waals surface area contributed by atoms with E-state index in [0.29, 0.717) is 5.82 Å². The summed E-state index contributed by atoms with van der Waals surface area (Å²) in [5.41, 5.74) is 13.7. The molecule has 2 aromatic heterocycles. The first-order valence-corrected chi connectivity index (χ1v) is 17.9. The Balaban J connectivity index is 1.04.